The molecule has 0 atom stereocenters. The van der Waals surface area contributed by atoms with Crippen molar-refractivity contribution in [3.63, 3.8) is 0 Å². The van der Waals surface area contributed by atoms with E-state index < -0.39 is 0 Å². The Labute approximate surface area is 407 Å². The molecule has 2 aliphatic rings. The summed E-state index contributed by atoms with van der Waals surface area (Å²) in [5.74, 6) is 2.10. The zero-order valence-electron chi connectivity index (χ0n) is 38.0. The van der Waals surface area contributed by atoms with Gasteiger partial charge in [-0.1, -0.05) is 173 Å². The van der Waals surface area contributed by atoms with E-state index in [0.717, 1.165) is 61.9 Å². The van der Waals surface area contributed by atoms with Crippen molar-refractivity contribution >= 4 is 44.6 Å². The second-order valence-corrected chi connectivity index (χ2v) is 18.9. The van der Waals surface area contributed by atoms with E-state index in [1.54, 1.807) is 0 Å². The molecule has 0 radical (unpaired) electrons. The summed E-state index contributed by atoms with van der Waals surface area (Å²) in [6.45, 7) is 13.6. The fraction of sp³-hybridized carbons (Fsp3) is 0.115. The summed E-state index contributed by atoms with van der Waals surface area (Å²) >= 11 is 0. The van der Waals surface area contributed by atoms with Gasteiger partial charge in [0.05, 0.1) is 0 Å². The van der Waals surface area contributed by atoms with Crippen LogP contribution in [0.4, 0.5) is 22.7 Å². The van der Waals surface area contributed by atoms with Gasteiger partial charge in [0.15, 0.2) is 0 Å². The van der Waals surface area contributed by atoms with Crippen LogP contribution in [0.5, 0.6) is 11.5 Å². The molecule has 1 aliphatic carbocycles. The van der Waals surface area contributed by atoms with Crippen molar-refractivity contribution in [2.24, 2.45) is 0 Å². The van der Waals surface area contributed by atoms with Crippen LogP contribution in [0, 0.1) is 18.8 Å². The van der Waals surface area contributed by atoms with Crippen molar-refractivity contribution in [2.45, 2.75) is 45.4 Å². The summed E-state index contributed by atoms with van der Waals surface area (Å²) in [6, 6.07) is 71.9. The van der Waals surface area contributed by atoms with E-state index in [1.165, 1.54) is 38.6 Å². The summed E-state index contributed by atoms with van der Waals surface area (Å²) in [4.78, 5) is 9.55. The number of hydrogen-bond acceptors (Lipinski definition) is 4. The Kier molecular flexibility index (Phi) is 10.3. The fourth-order valence-corrected chi connectivity index (χ4v) is 10.3. The second kappa shape index (κ2) is 16.3. The number of fused-ring (bicyclic) bond motifs is 1. The Morgan fingerprint density at radius 2 is 1.16 bits per heavy atom. The van der Waals surface area contributed by atoms with Crippen LogP contribution in [0.15, 0.2) is 188 Å². The standard InChI is InChI=1S/C61H47N4O.Pt/c1-60(2,3)43-33-34-62-55(35-43)65-53-32-31-47(40-19-9-6-10-20-40)58-57(53)56-50(61(58,4)5)37-46(38-54(56)65)66-45-26-17-25-44(36-45)63-39-64(52-30-16-15-29-51(52)63)59-48(41-21-11-7-12-22-41)27-18-28-49(59)42-23-13-8-14-24-42;/h6-35,37,39H,1-5H3;/q-3;. The number of benzene rings is 8. The van der Waals surface area contributed by atoms with Gasteiger partial charge in [-0.05, 0) is 79.9 Å². The zero-order valence-corrected chi connectivity index (χ0v) is 40.3. The number of para-hydroxylation sites is 3. The maximum atomic E-state index is 6.94. The van der Waals surface area contributed by atoms with Gasteiger partial charge in [0.25, 0.3) is 0 Å². The smallest absolute Gasteiger partial charge is 0.135 e. The molecule has 10 aromatic rings. The summed E-state index contributed by atoms with van der Waals surface area (Å²) < 4.78 is 9.23. The molecule has 2 aromatic heterocycles. The van der Waals surface area contributed by atoms with E-state index in [2.05, 4.69) is 238 Å². The molecule has 67 heavy (non-hydrogen) atoms. The molecule has 0 fully saturated rings. The molecule has 6 heteroatoms. The molecule has 0 bridgehead atoms. The minimum Gasteiger partial charge on any atom is -0.509 e. The van der Waals surface area contributed by atoms with Gasteiger partial charge in [-0.15, -0.1) is 48.3 Å². The number of pyridine rings is 1. The van der Waals surface area contributed by atoms with E-state index in [-0.39, 0.29) is 31.9 Å². The summed E-state index contributed by atoms with van der Waals surface area (Å²) in [5.41, 5.74) is 16.6. The van der Waals surface area contributed by atoms with E-state index in [4.69, 9.17) is 9.72 Å². The van der Waals surface area contributed by atoms with Crippen molar-refractivity contribution in [2.75, 3.05) is 9.80 Å². The molecule has 5 nitrogen and oxygen atoms in total. The normalized spacial score (nSPS) is 13.6. The first kappa shape index (κ1) is 42.4. The van der Waals surface area contributed by atoms with Crippen LogP contribution in [0.1, 0.15) is 51.3 Å². The zero-order chi connectivity index (χ0) is 44.7. The fourth-order valence-electron chi connectivity index (χ4n) is 10.3. The average Bonchev–Trinajstić information content (AvgIpc) is 3.97. The Morgan fingerprint density at radius 3 is 1.81 bits per heavy atom. The predicted molar refractivity (Wildman–Crippen MR) is 271 cm³/mol. The van der Waals surface area contributed by atoms with Gasteiger partial charge < -0.3 is 19.1 Å². The topological polar surface area (TPSA) is 33.5 Å². The number of rotatable bonds is 8. The Bertz CT molecular complexity index is 3440. The van der Waals surface area contributed by atoms with Crippen LogP contribution in [0.25, 0.3) is 61.0 Å². The molecule has 3 heterocycles. The maximum absolute atomic E-state index is 6.94. The van der Waals surface area contributed by atoms with Crippen molar-refractivity contribution in [1.29, 1.82) is 0 Å². The first-order valence-corrected chi connectivity index (χ1v) is 22.7. The van der Waals surface area contributed by atoms with Crippen molar-refractivity contribution in [1.82, 2.24) is 9.55 Å². The minimum absolute atomic E-state index is 0. The Hall–Kier alpha value is -7.20. The molecule has 0 amide bonds. The van der Waals surface area contributed by atoms with Gasteiger partial charge in [0.2, 0.25) is 0 Å². The number of nitrogens with zero attached hydrogens (tertiary/aromatic N) is 4. The van der Waals surface area contributed by atoms with E-state index in [9.17, 15) is 0 Å². The third-order valence-corrected chi connectivity index (χ3v) is 13.5. The van der Waals surface area contributed by atoms with Crippen molar-refractivity contribution in [3.05, 3.63) is 224 Å². The van der Waals surface area contributed by atoms with Crippen molar-refractivity contribution < 1.29 is 25.8 Å². The van der Waals surface area contributed by atoms with Crippen molar-refractivity contribution in [3.8, 4) is 50.7 Å². The SMILES string of the molecule is CC(C)(C)c1ccnc(-n2c3[c-]c(Oc4[c-]c(N5[CH-]N(c6c(-c7ccccc7)cccc6-c6ccccc6)c6ccccc65)ccc4)cc4c3c3c(c(-c5ccccc5)ccc32)C4(C)C)c1.[Pt]. The van der Waals surface area contributed by atoms with Gasteiger partial charge in [-0.3, -0.25) is 0 Å². The van der Waals surface area contributed by atoms with Crippen LogP contribution in [0.3, 0.4) is 0 Å². The number of hydrogen-bond donors (Lipinski definition) is 0. The van der Waals surface area contributed by atoms with Crippen LogP contribution in [0.2, 0.25) is 0 Å². The minimum atomic E-state index is -0.321. The van der Waals surface area contributed by atoms with E-state index >= 15 is 0 Å². The van der Waals surface area contributed by atoms with Gasteiger partial charge in [0, 0.05) is 72.5 Å². The molecular weight excluding hydrogens is 1000 g/mol. The quantitative estimate of drug-likeness (QED) is 0.142. The molecular formula is C61H47N4OPt-3. The first-order chi connectivity index (χ1) is 32.1. The number of anilines is 4. The molecule has 330 valence electrons. The Morgan fingerprint density at radius 1 is 0.567 bits per heavy atom. The van der Waals surface area contributed by atoms with Gasteiger partial charge in [-0.2, -0.15) is 6.07 Å². The van der Waals surface area contributed by atoms with Gasteiger partial charge in [0.1, 0.15) is 5.82 Å². The maximum Gasteiger partial charge on any atom is 0.135 e. The molecule has 0 saturated heterocycles. The molecule has 8 aromatic carbocycles. The second-order valence-electron chi connectivity index (χ2n) is 18.9. The molecule has 1 aliphatic heterocycles. The van der Waals surface area contributed by atoms with Crippen LogP contribution in [-0.4, -0.2) is 9.55 Å². The first-order valence-electron chi connectivity index (χ1n) is 22.7. The molecule has 0 unspecified atom stereocenters. The third-order valence-electron chi connectivity index (χ3n) is 13.5. The monoisotopic (exact) mass is 1050 g/mol. The largest absolute Gasteiger partial charge is 0.509 e. The van der Waals surface area contributed by atoms with Gasteiger partial charge >= 0.3 is 0 Å². The third kappa shape index (κ3) is 6.98. The van der Waals surface area contributed by atoms with Crippen LogP contribution in [-0.2, 0) is 31.9 Å². The average molecular weight is 1050 g/mol. The molecule has 12 rings (SSSR count). The van der Waals surface area contributed by atoms with E-state index in [0.29, 0.717) is 11.5 Å². The Balaban J connectivity index is 0.00000494. The molecule has 0 saturated carbocycles. The van der Waals surface area contributed by atoms with Gasteiger partial charge in [-0.25, -0.2) is 4.98 Å². The molecule has 0 spiro atoms. The van der Waals surface area contributed by atoms with Crippen LogP contribution >= 0.6 is 0 Å². The summed E-state index contributed by atoms with van der Waals surface area (Å²) in [6.07, 6.45) is 1.93. The summed E-state index contributed by atoms with van der Waals surface area (Å²) in [7, 11) is 0. The van der Waals surface area contributed by atoms with E-state index in [1.807, 2.05) is 18.3 Å². The number of aromatic nitrogens is 2. The number of ether oxygens (including phenoxy) is 1. The summed E-state index contributed by atoms with van der Waals surface area (Å²) in [5, 5.41) is 2.45. The van der Waals surface area contributed by atoms with Crippen LogP contribution < -0.4 is 14.5 Å². The predicted octanol–water partition coefficient (Wildman–Crippen LogP) is 15.9. The molecule has 0 N–H and O–H groups in total.